The minimum Gasteiger partial charge on any atom is -0.478 e. The number of carboxylic acids is 1. The second kappa shape index (κ2) is 10.5. The number of fused-ring (bicyclic) bond motifs is 2. The second-order valence-corrected chi connectivity index (χ2v) is 9.81. The largest absolute Gasteiger partial charge is 0.478 e. The highest BCUT2D eigenvalue weighted by molar-refractivity contribution is 7.18. The van der Waals surface area contributed by atoms with Crippen LogP contribution in [0.15, 0.2) is 46.7 Å². The van der Waals surface area contributed by atoms with E-state index in [1.807, 2.05) is 0 Å². The molecule has 0 atom stereocenters. The predicted octanol–water partition coefficient (Wildman–Crippen LogP) is 6.33. The zero-order valence-electron chi connectivity index (χ0n) is 20.3. The third-order valence-corrected chi connectivity index (χ3v) is 7.41. The number of nitrogens with zero attached hydrogens (tertiary/aromatic N) is 4. The summed E-state index contributed by atoms with van der Waals surface area (Å²) >= 11 is 7.47. The van der Waals surface area contributed by atoms with Crippen LogP contribution in [0.2, 0.25) is 5.02 Å². The zero-order valence-corrected chi connectivity index (χ0v) is 21.9. The zero-order chi connectivity index (χ0) is 28.7. The average molecular weight is 579 g/mol. The van der Waals surface area contributed by atoms with Gasteiger partial charge in [-0.1, -0.05) is 23.4 Å². The van der Waals surface area contributed by atoms with E-state index in [2.05, 4.69) is 21.8 Å². The Kier molecular flexibility index (Phi) is 7.03. The summed E-state index contributed by atoms with van der Waals surface area (Å²) in [5.41, 5.74) is -0.713. The number of hydrogen-bond acceptors (Lipinski definition) is 6. The van der Waals surface area contributed by atoms with Crippen LogP contribution >= 0.6 is 22.9 Å². The normalized spacial score (nSPS) is 11.0. The van der Waals surface area contributed by atoms with Gasteiger partial charge in [-0.3, -0.25) is 14.3 Å². The highest BCUT2D eigenvalue weighted by Gasteiger charge is 2.23. The van der Waals surface area contributed by atoms with Crippen LogP contribution in [-0.4, -0.2) is 25.6 Å². The van der Waals surface area contributed by atoms with Crippen molar-refractivity contribution in [2.75, 3.05) is 0 Å². The van der Waals surface area contributed by atoms with Gasteiger partial charge in [-0.15, -0.1) is 11.3 Å². The number of aromatic nitrogens is 3. The predicted molar refractivity (Wildman–Crippen MR) is 144 cm³/mol. The van der Waals surface area contributed by atoms with Gasteiger partial charge in [0, 0.05) is 38.9 Å². The molecule has 3 heterocycles. The average Bonchev–Trinajstić information content (AvgIpc) is 3.36. The van der Waals surface area contributed by atoms with Gasteiger partial charge >= 0.3 is 5.97 Å². The van der Waals surface area contributed by atoms with Gasteiger partial charge < -0.3 is 5.11 Å². The molecule has 0 saturated carbocycles. The fourth-order valence-electron chi connectivity index (χ4n) is 4.32. The van der Waals surface area contributed by atoms with Crippen LogP contribution in [-0.2, 0) is 6.54 Å². The van der Waals surface area contributed by atoms with E-state index in [-0.39, 0.29) is 17.9 Å². The Morgan fingerprint density at radius 1 is 1.23 bits per heavy atom. The first-order valence-electron chi connectivity index (χ1n) is 11.4. The Morgan fingerprint density at radius 3 is 2.70 bits per heavy atom. The van der Waals surface area contributed by atoms with Gasteiger partial charge in [0.25, 0.3) is 12.0 Å². The van der Waals surface area contributed by atoms with E-state index < -0.39 is 45.8 Å². The lowest BCUT2D eigenvalue weighted by atomic mass is 10.00. The van der Waals surface area contributed by atoms with Crippen LogP contribution in [0.25, 0.3) is 32.2 Å². The third kappa shape index (κ3) is 4.56. The van der Waals surface area contributed by atoms with Gasteiger partial charge in [0.1, 0.15) is 23.2 Å². The molecule has 2 aromatic carbocycles. The number of hydrogen-bond donors (Lipinski definition) is 1. The molecular weight excluding hydrogens is 565 g/mol. The number of carboxylic acid groups (broad SMARTS) is 1. The van der Waals surface area contributed by atoms with E-state index in [1.54, 1.807) is 30.3 Å². The molecule has 0 radical (unpaired) electrons. The van der Waals surface area contributed by atoms with Crippen molar-refractivity contribution in [1.29, 1.82) is 5.26 Å². The molecule has 5 aromatic rings. The molecule has 0 saturated heterocycles. The first-order chi connectivity index (χ1) is 19.1. The van der Waals surface area contributed by atoms with E-state index in [9.17, 15) is 33.1 Å². The first-order valence-corrected chi connectivity index (χ1v) is 12.7. The molecule has 0 aliphatic rings. The number of rotatable bonds is 4. The molecule has 40 heavy (non-hydrogen) atoms. The fourth-order valence-corrected chi connectivity index (χ4v) is 5.52. The lowest BCUT2D eigenvalue weighted by molar-refractivity contribution is 0.0699. The van der Waals surface area contributed by atoms with E-state index in [0.29, 0.717) is 38.0 Å². The number of aromatic carboxylic acids is 1. The van der Waals surface area contributed by atoms with Crippen molar-refractivity contribution >= 4 is 50.0 Å². The lowest BCUT2D eigenvalue weighted by Crippen LogP contribution is -2.25. The molecule has 0 aliphatic heterocycles. The quantitative estimate of drug-likeness (QED) is 0.250. The van der Waals surface area contributed by atoms with Gasteiger partial charge in [0.15, 0.2) is 0 Å². The van der Waals surface area contributed by atoms with Crippen molar-refractivity contribution in [1.82, 2.24) is 14.5 Å². The molecule has 0 bridgehead atoms. The summed E-state index contributed by atoms with van der Waals surface area (Å²) in [4.78, 5) is 33.1. The second-order valence-electron chi connectivity index (χ2n) is 8.49. The summed E-state index contributed by atoms with van der Waals surface area (Å²) in [6.07, 6.45) is -1.68. The number of halogens is 4. The maximum Gasteiger partial charge on any atom is 0.338 e. The molecule has 0 amide bonds. The molecule has 0 aliphatic carbocycles. The Labute approximate surface area is 232 Å². The molecule has 0 fully saturated rings. The molecule has 5 rings (SSSR count). The highest BCUT2D eigenvalue weighted by Crippen LogP contribution is 2.36. The smallest absolute Gasteiger partial charge is 0.338 e. The van der Waals surface area contributed by atoms with Crippen molar-refractivity contribution in [3.05, 3.63) is 91.2 Å². The molecule has 1 N–H and O–H groups in total. The maximum absolute atomic E-state index is 14.6. The first kappa shape index (κ1) is 26.9. The van der Waals surface area contributed by atoms with Crippen LogP contribution in [0.1, 0.15) is 39.3 Å². The van der Waals surface area contributed by atoms with Crippen LogP contribution < -0.4 is 5.56 Å². The Hall–Kier alpha value is -4.71. The summed E-state index contributed by atoms with van der Waals surface area (Å²) in [5.74, 6) is 3.66. The summed E-state index contributed by atoms with van der Waals surface area (Å²) < 4.78 is 43.2. The minimum atomic E-state index is -3.17. The summed E-state index contributed by atoms with van der Waals surface area (Å²) in [6, 6.07) is 8.76. The molecule has 12 heteroatoms. The van der Waals surface area contributed by atoms with E-state index in [1.165, 1.54) is 29.8 Å². The topological polar surface area (TPSA) is 109 Å². The number of aryl methyl sites for hydroxylation is 1. The molecule has 198 valence electrons. The molecule has 7 nitrogen and oxygen atoms in total. The van der Waals surface area contributed by atoms with Crippen LogP contribution in [0, 0.1) is 35.9 Å². The van der Waals surface area contributed by atoms with E-state index >= 15 is 0 Å². The van der Waals surface area contributed by atoms with Gasteiger partial charge in [-0.2, -0.15) is 5.26 Å². The summed E-state index contributed by atoms with van der Waals surface area (Å²) in [7, 11) is 0. The molecule has 0 spiro atoms. The van der Waals surface area contributed by atoms with Gasteiger partial charge in [-0.05, 0) is 37.3 Å². The van der Waals surface area contributed by atoms with Crippen molar-refractivity contribution < 1.29 is 23.1 Å². The number of carbonyl (C=O) groups is 1. The van der Waals surface area contributed by atoms with Crippen molar-refractivity contribution in [3.63, 3.8) is 0 Å². The van der Waals surface area contributed by atoms with Gasteiger partial charge in [-0.25, -0.2) is 22.9 Å². The van der Waals surface area contributed by atoms with Gasteiger partial charge in [0.05, 0.1) is 33.3 Å². The van der Waals surface area contributed by atoms with Crippen LogP contribution in [0.4, 0.5) is 13.2 Å². The third-order valence-electron chi connectivity index (χ3n) is 6.17. The van der Waals surface area contributed by atoms with Crippen LogP contribution in [0.3, 0.4) is 0 Å². The van der Waals surface area contributed by atoms with E-state index in [4.69, 9.17) is 11.6 Å². The summed E-state index contributed by atoms with van der Waals surface area (Å²) in [6.45, 7) is 1.20. The van der Waals surface area contributed by atoms with Crippen molar-refractivity contribution in [3.8, 4) is 29.0 Å². The van der Waals surface area contributed by atoms with E-state index in [0.717, 1.165) is 4.57 Å². The minimum absolute atomic E-state index is 0.0679. The standard InChI is InChI=1S/C28H14ClF3N4O3S/c1-13-35-24-21(30)10-18(26(31)32)19(11-33)22(24)27(37)36(13)8-2-3-14-4-5-15(29)9-17(14)16-6-7-34-23-20(28(38)39)12-40-25(16)23/h4-7,9-10,12,26H,8H2,1H3,(H,38,39). The molecule has 0 unspecified atom stereocenters. The molecular formula is C28H14ClF3N4O3S. The number of nitriles is 1. The number of pyridine rings is 1. The highest BCUT2D eigenvalue weighted by atomic mass is 35.5. The number of benzene rings is 2. The lowest BCUT2D eigenvalue weighted by Gasteiger charge is -2.12. The summed E-state index contributed by atoms with van der Waals surface area (Å²) in [5, 5.41) is 20.3. The number of alkyl halides is 2. The SMILES string of the molecule is Cc1nc2c(F)cc(C(F)F)c(C#N)c2c(=O)n1CC#Cc1ccc(Cl)cc1-c1ccnc2c(C(=O)O)csc12. The van der Waals surface area contributed by atoms with Gasteiger partial charge in [0.2, 0.25) is 0 Å². The number of thiophene rings is 1. The Bertz CT molecular complexity index is 2040. The Morgan fingerprint density at radius 2 is 2.00 bits per heavy atom. The fraction of sp³-hybridized carbons (Fsp3) is 0.107. The monoisotopic (exact) mass is 578 g/mol. The Balaban J connectivity index is 1.62. The van der Waals surface area contributed by atoms with Crippen molar-refractivity contribution in [2.45, 2.75) is 19.9 Å². The molecule has 3 aromatic heterocycles. The van der Waals surface area contributed by atoms with Crippen LogP contribution in [0.5, 0.6) is 0 Å². The van der Waals surface area contributed by atoms with Crippen molar-refractivity contribution in [2.24, 2.45) is 0 Å². The maximum atomic E-state index is 14.6.